The van der Waals surface area contributed by atoms with Crippen LogP contribution in [0.25, 0.3) is 10.2 Å². The van der Waals surface area contributed by atoms with Crippen molar-refractivity contribution in [3.63, 3.8) is 0 Å². The number of H-pyrrole nitrogens is 1. The van der Waals surface area contributed by atoms with E-state index < -0.39 is 0 Å². The van der Waals surface area contributed by atoms with Gasteiger partial charge in [-0.3, -0.25) is 14.3 Å². The lowest BCUT2D eigenvalue weighted by atomic mass is 10.2. The number of fused-ring (bicyclic) bond motifs is 1. The molecule has 2 N–H and O–H groups in total. The zero-order chi connectivity index (χ0) is 16.6. The molecule has 0 atom stereocenters. The number of anilines is 1. The third kappa shape index (κ3) is 3.05. The number of amides is 1. The van der Waals surface area contributed by atoms with E-state index in [1.807, 2.05) is 17.7 Å². The third-order valence-corrected chi connectivity index (χ3v) is 4.59. The third-order valence-electron chi connectivity index (χ3n) is 3.44. The number of aromatic amines is 1. The molecule has 3 rings (SSSR count). The van der Waals surface area contributed by atoms with Crippen LogP contribution < -0.4 is 10.7 Å². The predicted molar refractivity (Wildman–Crippen MR) is 92.2 cm³/mol. The van der Waals surface area contributed by atoms with Crippen molar-refractivity contribution in [2.24, 2.45) is 5.92 Å². The second kappa shape index (κ2) is 6.00. The number of rotatable bonds is 4. The highest BCUT2D eigenvalue weighted by Crippen LogP contribution is 2.29. The van der Waals surface area contributed by atoms with Crippen molar-refractivity contribution >= 4 is 33.1 Å². The van der Waals surface area contributed by atoms with Gasteiger partial charge >= 0.3 is 0 Å². The highest BCUT2D eigenvalue weighted by molar-refractivity contribution is 7.20. The summed E-state index contributed by atoms with van der Waals surface area (Å²) in [6, 6.07) is 3.22. The first kappa shape index (κ1) is 15.5. The van der Waals surface area contributed by atoms with Crippen molar-refractivity contribution in [1.29, 1.82) is 0 Å². The first-order valence-electron chi connectivity index (χ1n) is 7.41. The molecular weight excluding hydrogens is 312 g/mol. The Kier molecular flexibility index (Phi) is 4.04. The summed E-state index contributed by atoms with van der Waals surface area (Å²) in [5, 5.41) is 8.17. The number of hydrogen-bond acceptors (Lipinski definition) is 4. The standard InChI is InChI=1S/C16H18N4O2S/c1-9(2)8-20-16-11(10(3)19-20)6-14(23-16)15(22)18-12-7-17-5-4-13(12)21/h4-7,9H,8H2,1-3H3,(H,17,21)(H,18,22). The zero-order valence-electron chi connectivity index (χ0n) is 13.2. The van der Waals surface area contributed by atoms with E-state index in [1.165, 1.54) is 29.8 Å². The van der Waals surface area contributed by atoms with Gasteiger partial charge in [0, 0.05) is 30.4 Å². The normalized spacial score (nSPS) is 11.3. The minimum atomic E-state index is -0.279. The molecule has 3 aromatic rings. The molecule has 0 bridgehead atoms. The molecule has 0 unspecified atom stereocenters. The van der Waals surface area contributed by atoms with Crippen LogP contribution in [0, 0.1) is 12.8 Å². The van der Waals surface area contributed by atoms with Crippen molar-refractivity contribution in [3.05, 3.63) is 45.3 Å². The van der Waals surface area contributed by atoms with E-state index in [9.17, 15) is 9.59 Å². The minimum Gasteiger partial charge on any atom is -0.366 e. The van der Waals surface area contributed by atoms with Crippen molar-refractivity contribution in [3.8, 4) is 0 Å². The van der Waals surface area contributed by atoms with E-state index in [2.05, 4.69) is 29.2 Å². The Morgan fingerprint density at radius 2 is 2.26 bits per heavy atom. The molecule has 3 heterocycles. The molecule has 0 fully saturated rings. The number of carbonyl (C=O) groups excluding carboxylic acids is 1. The van der Waals surface area contributed by atoms with Gasteiger partial charge in [-0.1, -0.05) is 13.8 Å². The van der Waals surface area contributed by atoms with E-state index in [1.54, 1.807) is 0 Å². The van der Waals surface area contributed by atoms with E-state index >= 15 is 0 Å². The predicted octanol–water partition coefficient (Wildman–Crippen LogP) is 3.00. The van der Waals surface area contributed by atoms with E-state index in [-0.39, 0.29) is 17.0 Å². The Balaban J connectivity index is 1.92. The van der Waals surface area contributed by atoms with Gasteiger partial charge in [0.2, 0.25) is 5.43 Å². The summed E-state index contributed by atoms with van der Waals surface area (Å²) in [6.45, 7) is 7.01. The molecule has 0 spiro atoms. The number of thiophene rings is 1. The van der Waals surface area contributed by atoms with Gasteiger partial charge in [0.05, 0.1) is 10.6 Å². The molecule has 7 heteroatoms. The quantitative estimate of drug-likeness (QED) is 0.772. The number of pyridine rings is 1. The van der Waals surface area contributed by atoms with Crippen LogP contribution in [0.4, 0.5) is 5.69 Å². The van der Waals surface area contributed by atoms with Crippen LogP contribution in [-0.4, -0.2) is 20.7 Å². The Bertz CT molecular complexity index is 920. The first-order valence-corrected chi connectivity index (χ1v) is 8.22. The summed E-state index contributed by atoms with van der Waals surface area (Å²) in [7, 11) is 0. The molecule has 3 aromatic heterocycles. The van der Waals surface area contributed by atoms with Crippen LogP contribution in [0.3, 0.4) is 0 Å². The van der Waals surface area contributed by atoms with Gasteiger partial charge in [-0.25, -0.2) is 0 Å². The molecule has 1 amide bonds. The van der Waals surface area contributed by atoms with Gasteiger partial charge in [0.25, 0.3) is 5.91 Å². The van der Waals surface area contributed by atoms with Crippen LogP contribution in [0.2, 0.25) is 0 Å². The number of nitrogens with zero attached hydrogens (tertiary/aromatic N) is 2. The molecule has 0 aliphatic carbocycles. The smallest absolute Gasteiger partial charge is 0.265 e. The van der Waals surface area contributed by atoms with Gasteiger partial charge in [-0.15, -0.1) is 11.3 Å². The average Bonchev–Trinajstić information content (AvgIpc) is 3.03. The summed E-state index contributed by atoms with van der Waals surface area (Å²) < 4.78 is 1.95. The SMILES string of the molecule is Cc1nn(CC(C)C)c2sc(C(=O)Nc3c[nH]ccc3=O)cc12. The lowest BCUT2D eigenvalue weighted by Gasteiger charge is -2.05. The average molecular weight is 330 g/mol. The molecule has 120 valence electrons. The summed E-state index contributed by atoms with van der Waals surface area (Å²) in [4.78, 5) is 28.4. The number of aryl methyl sites for hydroxylation is 1. The van der Waals surface area contributed by atoms with Crippen molar-refractivity contribution in [1.82, 2.24) is 14.8 Å². The van der Waals surface area contributed by atoms with E-state index in [4.69, 9.17) is 0 Å². The molecule has 0 aliphatic heterocycles. The maximum Gasteiger partial charge on any atom is 0.265 e. The molecule has 0 radical (unpaired) electrons. The maximum absolute atomic E-state index is 12.4. The second-order valence-corrected chi connectivity index (χ2v) is 6.90. The Labute approximate surface area is 137 Å². The van der Waals surface area contributed by atoms with Crippen molar-refractivity contribution in [2.75, 3.05) is 5.32 Å². The molecule has 0 saturated heterocycles. The highest BCUT2D eigenvalue weighted by atomic mass is 32.1. The number of carbonyl (C=O) groups is 1. The van der Waals surface area contributed by atoms with Crippen molar-refractivity contribution < 1.29 is 4.79 Å². The topological polar surface area (TPSA) is 79.8 Å². The van der Waals surface area contributed by atoms with Gasteiger partial charge in [-0.05, 0) is 18.9 Å². The zero-order valence-corrected chi connectivity index (χ0v) is 14.0. The largest absolute Gasteiger partial charge is 0.366 e. The Morgan fingerprint density at radius 3 is 2.96 bits per heavy atom. The van der Waals surface area contributed by atoms with Gasteiger partial charge in [0.15, 0.2) is 0 Å². The summed E-state index contributed by atoms with van der Waals surface area (Å²) in [5.74, 6) is 0.193. The van der Waals surface area contributed by atoms with Crippen LogP contribution >= 0.6 is 11.3 Å². The number of aromatic nitrogens is 3. The maximum atomic E-state index is 12.4. The lowest BCUT2D eigenvalue weighted by molar-refractivity contribution is 0.103. The first-order chi connectivity index (χ1) is 11.0. The highest BCUT2D eigenvalue weighted by Gasteiger charge is 2.17. The fourth-order valence-corrected chi connectivity index (χ4v) is 3.46. The molecule has 23 heavy (non-hydrogen) atoms. The number of nitrogens with one attached hydrogen (secondary N) is 2. The summed E-state index contributed by atoms with van der Waals surface area (Å²) in [6.07, 6.45) is 3.01. The van der Waals surface area contributed by atoms with Crippen LogP contribution in [-0.2, 0) is 6.54 Å². The van der Waals surface area contributed by atoms with E-state index in [0.29, 0.717) is 10.8 Å². The molecule has 0 aromatic carbocycles. The Morgan fingerprint density at radius 1 is 1.48 bits per heavy atom. The van der Waals surface area contributed by atoms with Gasteiger partial charge in [0.1, 0.15) is 10.5 Å². The minimum absolute atomic E-state index is 0.222. The van der Waals surface area contributed by atoms with Crippen LogP contribution in [0.1, 0.15) is 29.2 Å². The summed E-state index contributed by atoms with van der Waals surface area (Å²) >= 11 is 1.40. The number of hydrogen-bond donors (Lipinski definition) is 2. The fourth-order valence-electron chi connectivity index (χ4n) is 2.39. The fraction of sp³-hybridized carbons (Fsp3) is 0.312. The second-order valence-electron chi connectivity index (χ2n) is 5.87. The van der Waals surface area contributed by atoms with Gasteiger partial charge < -0.3 is 10.3 Å². The molecule has 0 saturated carbocycles. The van der Waals surface area contributed by atoms with Crippen LogP contribution in [0.5, 0.6) is 0 Å². The monoisotopic (exact) mass is 330 g/mol. The van der Waals surface area contributed by atoms with Gasteiger partial charge in [-0.2, -0.15) is 5.10 Å². The van der Waals surface area contributed by atoms with Crippen molar-refractivity contribution in [2.45, 2.75) is 27.3 Å². The van der Waals surface area contributed by atoms with E-state index in [0.717, 1.165) is 22.5 Å². The molecule has 0 aliphatic rings. The molecule has 6 nitrogen and oxygen atoms in total. The van der Waals surface area contributed by atoms with Crippen LogP contribution in [0.15, 0.2) is 29.3 Å². The summed E-state index contributed by atoms with van der Waals surface area (Å²) in [5.41, 5.74) is 0.935. The lowest BCUT2D eigenvalue weighted by Crippen LogP contribution is -2.17. The molecular formula is C16H18N4O2S. The Hall–Kier alpha value is -2.41.